The van der Waals surface area contributed by atoms with Gasteiger partial charge in [0, 0.05) is 27.6 Å². The van der Waals surface area contributed by atoms with E-state index < -0.39 is 0 Å². The van der Waals surface area contributed by atoms with Crippen molar-refractivity contribution in [1.29, 1.82) is 0 Å². The summed E-state index contributed by atoms with van der Waals surface area (Å²) in [6, 6.07) is 0. The molecule has 0 unspecified atom stereocenters. The van der Waals surface area contributed by atoms with Gasteiger partial charge in [0.25, 0.3) is 0 Å². The van der Waals surface area contributed by atoms with Crippen LogP contribution in [0.2, 0.25) is 0 Å². The van der Waals surface area contributed by atoms with Crippen molar-refractivity contribution < 1.29 is 1.43 Å². The van der Waals surface area contributed by atoms with Crippen molar-refractivity contribution in [1.82, 2.24) is 15.1 Å². The Kier molecular flexibility index (Phi) is 7.20. The van der Waals surface area contributed by atoms with Crippen LogP contribution in [0.3, 0.4) is 0 Å². The molecule has 0 aromatic heterocycles. The maximum Gasteiger partial charge on any atom is 0.0107 e. The largest absolute Gasteiger partial charge is 0.318 e. The van der Waals surface area contributed by atoms with E-state index >= 15 is 0 Å². The lowest BCUT2D eigenvalue weighted by atomic mass is 9.72. The molecule has 18 heavy (non-hydrogen) atoms. The first kappa shape index (κ1) is 15.9. The van der Waals surface area contributed by atoms with Gasteiger partial charge in [0.2, 0.25) is 0 Å². The first-order valence-corrected chi connectivity index (χ1v) is 7.87. The summed E-state index contributed by atoms with van der Waals surface area (Å²) in [6.07, 6.45) is 4.17. The summed E-state index contributed by atoms with van der Waals surface area (Å²) in [5.74, 6) is 0. The number of piperidine rings is 1. The monoisotopic (exact) mass is 257 g/mol. The molecule has 1 N–H and O–H groups in total. The average Bonchev–Trinajstić information content (AvgIpc) is 2.38. The fourth-order valence-corrected chi connectivity index (χ4v) is 3.21. The predicted octanol–water partition coefficient (Wildman–Crippen LogP) is 2.29. The normalized spacial score (nSPS) is 23.3. The van der Waals surface area contributed by atoms with E-state index in [0.717, 1.165) is 6.54 Å². The van der Waals surface area contributed by atoms with Crippen LogP contribution in [-0.2, 0) is 0 Å². The SMILES string of the molecule is CC.CCCN1CCC2(CC1)CN(CCNC)C2.[HH]. The second-order valence-corrected chi connectivity index (χ2v) is 5.66. The maximum atomic E-state index is 3.23. The number of likely N-dealkylation sites (tertiary alicyclic amines) is 2. The standard InChI is InChI=1S/C13H27N3.C2H6.H2/c1-3-7-15-8-4-13(5-9-15)11-16(12-13)10-6-14-2;1-2;/h14H,3-12H2,1-2H3;1-2H3;1H. The molecular weight excluding hydrogens is 222 g/mol. The third-order valence-corrected chi connectivity index (χ3v) is 4.25. The third-order valence-electron chi connectivity index (χ3n) is 4.25. The number of hydrogen-bond donors (Lipinski definition) is 1. The quantitative estimate of drug-likeness (QED) is 0.815. The van der Waals surface area contributed by atoms with Gasteiger partial charge in [0.05, 0.1) is 0 Å². The lowest BCUT2D eigenvalue weighted by molar-refractivity contribution is -0.0450. The van der Waals surface area contributed by atoms with E-state index in [1.165, 1.54) is 58.5 Å². The molecule has 0 aliphatic carbocycles. The number of nitrogens with one attached hydrogen (secondary N) is 1. The van der Waals surface area contributed by atoms with Gasteiger partial charge in [-0.1, -0.05) is 20.8 Å². The highest BCUT2D eigenvalue weighted by atomic mass is 15.2. The Hall–Kier alpha value is -0.120. The minimum absolute atomic E-state index is 0. The summed E-state index contributed by atoms with van der Waals surface area (Å²) in [5, 5.41) is 3.23. The summed E-state index contributed by atoms with van der Waals surface area (Å²) >= 11 is 0. The molecule has 0 bridgehead atoms. The van der Waals surface area contributed by atoms with Crippen LogP contribution in [-0.4, -0.2) is 62.7 Å². The fourth-order valence-electron chi connectivity index (χ4n) is 3.21. The first-order chi connectivity index (χ1) is 8.78. The van der Waals surface area contributed by atoms with E-state index in [1.54, 1.807) is 0 Å². The zero-order valence-corrected chi connectivity index (χ0v) is 13.0. The van der Waals surface area contributed by atoms with Crippen LogP contribution in [0.4, 0.5) is 0 Å². The number of nitrogens with zero attached hydrogens (tertiary/aromatic N) is 2. The van der Waals surface area contributed by atoms with Crippen LogP contribution in [0.25, 0.3) is 0 Å². The van der Waals surface area contributed by atoms with Crippen molar-refractivity contribution in [2.45, 2.75) is 40.0 Å². The van der Waals surface area contributed by atoms with Gasteiger partial charge in [-0.3, -0.25) is 0 Å². The van der Waals surface area contributed by atoms with E-state index in [9.17, 15) is 0 Å². The van der Waals surface area contributed by atoms with Crippen molar-refractivity contribution in [3.63, 3.8) is 0 Å². The Morgan fingerprint density at radius 2 is 1.67 bits per heavy atom. The highest BCUT2D eigenvalue weighted by Crippen LogP contribution is 2.39. The van der Waals surface area contributed by atoms with Crippen LogP contribution in [0, 0.1) is 5.41 Å². The van der Waals surface area contributed by atoms with Crippen molar-refractivity contribution in [3.05, 3.63) is 0 Å². The Morgan fingerprint density at radius 3 is 2.17 bits per heavy atom. The van der Waals surface area contributed by atoms with E-state index in [0.29, 0.717) is 5.41 Å². The summed E-state index contributed by atoms with van der Waals surface area (Å²) in [5.41, 5.74) is 0.706. The molecule has 0 aromatic carbocycles. The van der Waals surface area contributed by atoms with E-state index in [4.69, 9.17) is 0 Å². The molecule has 0 saturated carbocycles. The molecule has 1 spiro atoms. The molecule has 110 valence electrons. The third kappa shape index (κ3) is 4.22. The average molecular weight is 257 g/mol. The Labute approximate surface area is 115 Å². The molecule has 0 atom stereocenters. The summed E-state index contributed by atoms with van der Waals surface area (Å²) < 4.78 is 0. The molecule has 3 nitrogen and oxygen atoms in total. The summed E-state index contributed by atoms with van der Waals surface area (Å²) in [6.45, 7) is 15.4. The molecule has 2 fully saturated rings. The molecule has 2 heterocycles. The highest BCUT2D eigenvalue weighted by Gasteiger charge is 2.43. The molecule has 2 aliphatic heterocycles. The van der Waals surface area contributed by atoms with Gasteiger partial charge < -0.3 is 15.1 Å². The fraction of sp³-hybridized carbons (Fsp3) is 1.00. The zero-order chi connectivity index (χ0) is 13.4. The molecule has 2 rings (SSSR count). The molecular formula is C15H35N3. The molecule has 0 radical (unpaired) electrons. The minimum atomic E-state index is 0. The minimum Gasteiger partial charge on any atom is -0.318 e. The molecule has 0 aromatic rings. The van der Waals surface area contributed by atoms with E-state index in [-0.39, 0.29) is 1.43 Å². The van der Waals surface area contributed by atoms with Crippen molar-refractivity contribution in [2.24, 2.45) is 5.41 Å². The first-order valence-electron chi connectivity index (χ1n) is 7.87. The van der Waals surface area contributed by atoms with Gasteiger partial charge in [0.1, 0.15) is 0 Å². The van der Waals surface area contributed by atoms with Crippen LogP contribution in [0.15, 0.2) is 0 Å². The molecule has 2 saturated heterocycles. The van der Waals surface area contributed by atoms with Crippen molar-refractivity contribution in [2.75, 3.05) is 52.9 Å². The molecule has 3 heteroatoms. The Balaban J connectivity index is 0.00000103. The van der Waals surface area contributed by atoms with Gasteiger partial charge >= 0.3 is 0 Å². The smallest absolute Gasteiger partial charge is 0.0107 e. The van der Waals surface area contributed by atoms with Gasteiger partial charge in [-0.2, -0.15) is 0 Å². The Morgan fingerprint density at radius 1 is 1.06 bits per heavy atom. The van der Waals surface area contributed by atoms with Gasteiger partial charge in [-0.05, 0) is 51.4 Å². The second-order valence-electron chi connectivity index (χ2n) is 5.66. The molecule has 0 amide bonds. The predicted molar refractivity (Wildman–Crippen MR) is 82.2 cm³/mol. The van der Waals surface area contributed by atoms with Crippen LogP contribution in [0.5, 0.6) is 0 Å². The maximum absolute atomic E-state index is 3.23. The van der Waals surface area contributed by atoms with E-state index in [2.05, 4.69) is 22.0 Å². The topological polar surface area (TPSA) is 18.5 Å². The second kappa shape index (κ2) is 8.13. The van der Waals surface area contributed by atoms with Gasteiger partial charge in [0.15, 0.2) is 0 Å². The highest BCUT2D eigenvalue weighted by molar-refractivity contribution is 4.98. The number of rotatable bonds is 5. The number of likely N-dealkylation sites (N-methyl/N-ethyl adjacent to an activating group) is 1. The Bertz CT molecular complexity index is 200. The van der Waals surface area contributed by atoms with Crippen LogP contribution < -0.4 is 5.32 Å². The zero-order valence-electron chi connectivity index (χ0n) is 13.0. The summed E-state index contributed by atoms with van der Waals surface area (Å²) in [7, 11) is 2.04. The van der Waals surface area contributed by atoms with Gasteiger partial charge in [-0.15, -0.1) is 0 Å². The van der Waals surface area contributed by atoms with E-state index in [1.807, 2.05) is 20.9 Å². The summed E-state index contributed by atoms with van der Waals surface area (Å²) in [4.78, 5) is 5.24. The van der Waals surface area contributed by atoms with Crippen LogP contribution in [0.1, 0.15) is 41.5 Å². The molecule has 2 aliphatic rings. The van der Waals surface area contributed by atoms with Crippen molar-refractivity contribution >= 4 is 0 Å². The lowest BCUT2D eigenvalue weighted by Gasteiger charge is -2.54. The van der Waals surface area contributed by atoms with Crippen LogP contribution >= 0.6 is 0 Å². The lowest BCUT2D eigenvalue weighted by Crippen LogP contribution is -2.61. The van der Waals surface area contributed by atoms with Gasteiger partial charge in [-0.25, -0.2) is 0 Å². The van der Waals surface area contributed by atoms with Crippen molar-refractivity contribution in [3.8, 4) is 0 Å². The number of hydrogen-bond acceptors (Lipinski definition) is 3.